The summed E-state index contributed by atoms with van der Waals surface area (Å²) in [7, 11) is 0. The fourth-order valence-electron chi connectivity index (χ4n) is 3.26. The van der Waals surface area contributed by atoms with E-state index in [-0.39, 0.29) is 12.5 Å². The summed E-state index contributed by atoms with van der Waals surface area (Å²) in [6.45, 7) is 3.06. The molecule has 1 aromatic rings. The average molecular weight is 289 g/mol. The second kappa shape index (κ2) is 5.15. The lowest BCUT2D eigenvalue weighted by atomic mass is 9.88. The number of ether oxygens (including phenoxy) is 1. The molecule has 0 saturated carbocycles. The quantitative estimate of drug-likeness (QED) is 0.901. The second-order valence-electron chi connectivity index (χ2n) is 5.96. The van der Waals surface area contributed by atoms with E-state index in [0.717, 1.165) is 17.5 Å². The van der Waals surface area contributed by atoms with Crippen LogP contribution in [0.3, 0.4) is 0 Å². The van der Waals surface area contributed by atoms with Crippen molar-refractivity contribution in [1.82, 2.24) is 4.90 Å². The van der Waals surface area contributed by atoms with Crippen LogP contribution >= 0.6 is 0 Å². The SMILES string of the molecule is CC1(C(=O)N2Cc3ccccc3C(C(=O)O)C2)CCCO1. The number of fused-ring (bicyclic) bond motifs is 1. The molecule has 2 aliphatic rings. The highest BCUT2D eigenvalue weighted by Crippen LogP contribution is 2.33. The molecule has 0 spiro atoms. The normalized spacial score (nSPS) is 28.2. The summed E-state index contributed by atoms with van der Waals surface area (Å²) < 4.78 is 5.60. The van der Waals surface area contributed by atoms with Gasteiger partial charge in [-0.2, -0.15) is 0 Å². The maximum absolute atomic E-state index is 12.7. The molecular weight excluding hydrogens is 270 g/mol. The first-order valence-corrected chi connectivity index (χ1v) is 7.25. The number of hydrogen-bond acceptors (Lipinski definition) is 3. The molecule has 0 bridgehead atoms. The maximum atomic E-state index is 12.7. The van der Waals surface area contributed by atoms with Gasteiger partial charge in [0.2, 0.25) is 0 Å². The Bertz CT molecular complexity index is 577. The number of nitrogens with zero attached hydrogens (tertiary/aromatic N) is 1. The smallest absolute Gasteiger partial charge is 0.312 e. The molecule has 0 aromatic heterocycles. The highest BCUT2D eigenvalue weighted by molar-refractivity contribution is 5.87. The van der Waals surface area contributed by atoms with E-state index in [1.54, 1.807) is 11.8 Å². The van der Waals surface area contributed by atoms with Crippen LogP contribution in [0.1, 0.15) is 36.8 Å². The minimum absolute atomic E-state index is 0.0965. The van der Waals surface area contributed by atoms with Crippen LogP contribution < -0.4 is 0 Å². The summed E-state index contributed by atoms with van der Waals surface area (Å²) in [5, 5.41) is 9.44. The molecule has 2 heterocycles. The van der Waals surface area contributed by atoms with Crippen molar-refractivity contribution >= 4 is 11.9 Å². The van der Waals surface area contributed by atoms with E-state index >= 15 is 0 Å². The van der Waals surface area contributed by atoms with Gasteiger partial charge in [-0.15, -0.1) is 0 Å². The summed E-state index contributed by atoms with van der Waals surface area (Å²) in [6.07, 6.45) is 1.57. The molecule has 1 aromatic carbocycles. The van der Waals surface area contributed by atoms with Crippen molar-refractivity contribution in [3.8, 4) is 0 Å². The van der Waals surface area contributed by atoms with Crippen LogP contribution in [0.25, 0.3) is 0 Å². The summed E-state index contributed by atoms with van der Waals surface area (Å²) in [6, 6.07) is 7.44. The van der Waals surface area contributed by atoms with Crippen molar-refractivity contribution < 1.29 is 19.4 Å². The van der Waals surface area contributed by atoms with Gasteiger partial charge in [0.1, 0.15) is 5.60 Å². The van der Waals surface area contributed by atoms with Gasteiger partial charge in [-0.25, -0.2) is 0 Å². The molecule has 1 N–H and O–H groups in total. The molecule has 1 saturated heterocycles. The Morgan fingerprint density at radius 3 is 2.81 bits per heavy atom. The van der Waals surface area contributed by atoms with Gasteiger partial charge in [0.15, 0.2) is 0 Å². The molecular formula is C16H19NO4. The second-order valence-corrected chi connectivity index (χ2v) is 5.96. The van der Waals surface area contributed by atoms with Crippen molar-refractivity contribution in [1.29, 1.82) is 0 Å². The number of carboxylic acid groups (broad SMARTS) is 1. The first-order chi connectivity index (χ1) is 10.0. The van der Waals surface area contributed by atoms with E-state index in [0.29, 0.717) is 19.6 Å². The number of carbonyl (C=O) groups is 2. The Hall–Kier alpha value is -1.88. The molecule has 1 fully saturated rings. The number of benzene rings is 1. The van der Waals surface area contributed by atoms with Crippen LogP contribution in [0.2, 0.25) is 0 Å². The van der Waals surface area contributed by atoms with Crippen LogP contribution in [-0.2, 0) is 20.9 Å². The van der Waals surface area contributed by atoms with Crippen LogP contribution in [0, 0.1) is 0 Å². The van der Waals surface area contributed by atoms with Crippen LogP contribution in [0.4, 0.5) is 0 Å². The molecule has 1 amide bonds. The molecule has 0 aliphatic carbocycles. The molecule has 2 aliphatic heterocycles. The van der Waals surface area contributed by atoms with Gasteiger partial charge in [-0.1, -0.05) is 24.3 Å². The van der Waals surface area contributed by atoms with Crippen molar-refractivity contribution in [2.75, 3.05) is 13.2 Å². The van der Waals surface area contributed by atoms with E-state index in [1.165, 1.54) is 0 Å². The molecule has 5 heteroatoms. The van der Waals surface area contributed by atoms with Crippen molar-refractivity contribution in [2.45, 2.75) is 37.8 Å². The molecule has 112 valence electrons. The van der Waals surface area contributed by atoms with Gasteiger partial charge in [0.25, 0.3) is 5.91 Å². The van der Waals surface area contributed by atoms with Gasteiger partial charge in [-0.05, 0) is 30.9 Å². The summed E-state index contributed by atoms with van der Waals surface area (Å²) >= 11 is 0. The molecule has 2 atom stereocenters. The zero-order valence-corrected chi connectivity index (χ0v) is 12.0. The third kappa shape index (κ3) is 2.42. The van der Waals surface area contributed by atoms with Crippen molar-refractivity contribution in [3.63, 3.8) is 0 Å². The highest BCUT2D eigenvalue weighted by atomic mass is 16.5. The Balaban J connectivity index is 1.89. The summed E-state index contributed by atoms with van der Waals surface area (Å²) in [5.74, 6) is -1.65. The summed E-state index contributed by atoms with van der Waals surface area (Å²) in [4.78, 5) is 25.9. The Morgan fingerprint density at radius 1 is 1.38 bits per heavy atom. The van der Waals surface area contributed by atoms with Gasteiger partial charge in [0.05, 0.1) is 5.92 Å². The zero-order chi connectivity index (χ0) is 15.0. The lowest BCUT2D eigenvalue weighted by Gasteiger charge is -2.37. The van der Waals surface area contributed by atoms with Gasteiger partial charge in [0, 0.05) is 19.7 Å². The van der Waals surface area contributed by atoms with E-state index in [2.05, 4.69) is 0 Å². The lowest BCUT2D eigenvalue weighted by molar-refractivity contribution is -0.153. The molecule has 21 heavy (non-hydrogen) atoms. The first-order valence-electron chi connectivity index (χ1n) is 7.25. The lowest BCUT2D eigenvalue weighted by Crippen LogP contribution is -2.50. The van der Waals surface area contributed by atoms with Crippen molar-refractivity contribution in [3.05, 3.63) is 35.4 Å². The predicted molar refractivity (Wildman–Crippen MR) is 75.8 cm³/mol. The Kier molecular flexibility index (Phi) is 3.45. The third-order valence-corrected chi connectivity index (χ3v) is 4.45. The monoisotopic (exact) mass is 289 g/mol. The average Bonchev–Trinajstić information content (AvgIpc) is 2.93. The van der Waals surface area contributed by atoms with Crippen LogP contribution in [-0.4, -0.2) is 40.6 Å². The van der Waals surface area contributed by atoms with Crippen LogP contribution in [0.15, 0.2) is 24.3 Å². The third-order valence-electron chi connectivity index (χ3n) is 4.45. The number of carboxylic acids is 1. The van der Waals surface area contributed by atoms with E-state index in [4.69, 9.17) is 4.74 Å². The molecule has 0 radical (unpaired) electrons. The largest absolute Gasteiger partial charge is 0.481 e. The minimum Gasteiger partial charge on any atom is -0.481 e. The van der Waals surface area contributed by atoms with Gasteiger partial charge < -0.3 is 14.7 Å². The fraction of sp³-hybridized carbons (Fsp3) is 0.500. The van der Waals surface area contributed by atoms with E-state index < -0.39 is 17.5 Å². The van der Waals surface area contributed by atoms with Crippen molar-refractivity contribution in [2.24, 2.45) is 0 Å². The first kappa shape index (κ1) is 14.1. The van der Waals surface area contributed by atoms with Gasteiger partial charge in [-0.3, -0.25) is 9.59 Å². The highest BCUT2D eigenvalue weighted by Gasteiger charge is 2.43. The molecule has 3 rings (SSSR count). The van der Waals surface area contributed by atoms with Crippen LogP contribution in [0.5, 0.6) is 0 Å². The number of hydrogen-bond donors (Lipinski definition) is 1. The summed E-state index contributed by atoms with van der Waals surface area (Å²) in [5.41, 5.74) is 0.924. The molecule has 2 unspecified atom stereocenters. The number of rotatable bonds is 2. The van der Waals surface area contributed by atoms with E-state index in [1.807, 2.05) is 24.3 Å². The topological polar surface area (TPSA) is 66.8 Å². The zero-order valence-electron chi connectivity index (χ0n) is 12.0. The minimum atomic E-state index is -0.891. The number of carbonyl (C=O) groups excluding carboxylic acids is 1. The predicted octanol–water partition coefficient (Wildman–Crippen LogP) is 1.77. The number of aliphatic carboxylic acids is 1. The fourth-order valence-corrected chi connectivity index (χ4v) is 3.26. The molecule has 5 nitrogen and oxygen atoms in total. The standard InChI is InChI=1S/C16H19NO4/c1-16(7-4-8-21-16)15(20)17-9-11-5-2-3-6-12(11)13(10-17)14(18)19/h2-3,5-6,13H,4,7-10H2,1H3,(H,18,19). The van der Waals surface area contributed by atoms with Gasteiger partial charge >= 0.3 is 5.97 Å². The van der Waals surface area contributed by atoms with E-state index in [9.17, 15) is 14.7 Å². The Labute approximate surface area is 123 Å². The Morgan fingerprint density at radius 2 is 2.14 bits per heavy atom. The number of amides is 1. The maximum Gasteiger partial charge on any atom is 0.312 e.